The Balaban J connectivity index is 1.71. The molecule has 1 amide bonds. The highest BCUT2D eigenvalue weighted by Gasteiger charge is 2.11. The summed E-state index contributed by atoms with van der Waals surface area (Å²) in [7, 11) is 0. The van der Waals surface area contributed by atoms with Crippen LogP contribution in [0.2, 0.25) is 0 Å². The molecule has 0 fully saturated rings. The lowest BCUT2D eigenvalue weighted by atomic mass is 10.1. The molecule has 0 saturated carbocycles. The van der Waals surface area contributed by atoms with Gasteiger partial charge in [-0.2, -0.15) is 4.99 Å². The topological polar surface area (TPSA) is 43.6 Å². The Morgan fingerprint density at radius 1 is 0.967 bits per heavy atom. The monoisotopic (exact) mass is 416 g/mol. The van der Waals surface area contributed by atoms with Crippen LogP contribution in [-0.2, 0) is 6.54 Å². The third-order valence-electron chi connectivity index (χ3n) is 5.00. The molecule has 4 nitrogen and oxygen atoms in total. The Kier molecular flexibility index (Phi) is 5.81. The Labute approximate surface area is 180 Å². The molecule has 152 valence electrons. The predicted octanol–water partition coefficient (Wildman–Crippen LogP) is 6.26. The normalized spacial score (nSPS) is 11.8. The largest absolute Gasteiger partial charge is 0.457 e. The van der Waals surface area contributed by atoms with Crippen molar-refractivity contribution < 1.29 is 9.53 Å². The molecule has 30 heavy (non-hydrogen) atoms. The number of thiazole rings is 1. The van der Waals surface area contributed by atoms with Crippen molar-refractivity contribution >= 4 is 27.5 Å². The standard InChI is InChI=1S/C25H24N2O2S/c1-4-13-27-22-14-17(2)18(3)15-23(22)30-25(27)26-24(28)19-9-8-12-21(16-19)29-20-10-6-5-7-11-20/h5-12,14-16H,4,13H2,1-3H3. The summed E-state index contributed by atoms with van der Waals surface area (Å²) in [5.41, 5.74) is 4.14. The van der Waals surface area contributed by atoms with Crippen molar-refractivity contribution in [1.29, 1.82) is 0 Å². The molecule has 3 aromatic carbocycles. The molecule has 0 N–H and O–H groups in total. The molecule has 0 aliphatic heterocycles. The van der Waals surface area contributed by atoms with Gasteiger partial charge < -0.3 is 9.30 Å². The Hall–Kier alpha value is -3.18. The summed E-state index contributed by atoms with van der Waals surface area (Å²) in [5.74, 6) is 1.08. The van der Waals surface area contributed by atoms with Crippen molar-refractivity contribution in [3.8, 4) is 11.5 Å². The zero-order valence-corrected chi connectivity index (χ0v) is 18.2. The molecule has 0 aliphatic rings. The first-order valence-corrected chi connectivity index (χ1v) is 10.9. The van der Waals surface area contributed by atoms with E-state index in [-0.39, 0.29) is 5.91 Å². The maximum Gasteiger partial charge on any atom is 0.279 e. The Morgan fingerprint density at radius 3 is 2.47 bits per heavy atom. The molecule has 5 heteroatoms. The van der Waals surface area contributed by atoms with Crippen molar-refractivity contribution in [3.05, 3.63) is 88.2 Å². The highest BCUT2D eigenvalue weighted by molar-refractivity contribution is 7.16. The van der Waals surface area contributed by atoms with Gasteiger partial charge in [0.2, 0.25) is 0 Å². The fourth-order valence-corrected chi connectivity index (χ4v) is 4.45. The van der Waals surface area contributed by atoms with Crippen LogP contribution >= 0.6 is 11.3 Å². The number of ether oxygens (including phenoxy) is 1. The summed E-state index contributed by atoms with van der Waals surface area (Å²) in [6.45, 7) is 7.18. The highest BCUT2D eigenvalue weighted by Crippen LogP contribution is 2.24. The molecule has 0 saturated heterocycles. The smallest absolute Gasteiger partial charge is 0.279 e. The van der Waals surface area contributed by atoms with Crippen molar-refractivity contribution in [2.45, 2.75) is 33.7 Å². The van der Waals surface area contributed by atoms with Crippen LogP contribution in [0.5, 0.6) is 11.5 Å². The number of carbonyl (C=O) groups is 1. The van der Waals surface area contributed by atoms with E-state index in [1.807, 2.05) is 42.5 Å². The number of hydrogen-bond acceptors (Lipinski definition) is 3. The van der Waals surface area contributed by atoms with Crippen molar-refractivity contribution in [2.75, 3.05) is 0 Å². The number of fused-ring (bicyclic) bond motifs is 1. The van der Waals surface area contributed by atoms with Crippen LogP contribution < -0.4 is 9.54 Å². The van der Waals surface area contributed by atoms with Crippen molar-refractivity contribution in [2.24, 2.45) is 4.99 Å². The molecule has 4 rings (SSSR count). The number of para-hydroxylation sites is 1. The third-order valence-corrected chi connectivity index (χ3v) is 6.04. The quantitative estimate of drug-likeness (QED) is 0.385. The number of aromatic nitrogens is 1. The fourth-order valence-electron chi connectivity index (χ4n) is 3.32. The van der Waals surface area contributed by atoms with Gasteiger partial charge in [0.05, 0.1) is 10.2 Å². The lowest BCUT2D eigenvalue weighted by molar-refractivity contribution is 0.0997. The number of nitrogens with zero attached hydrogens (tertiary/aromatic N) is 2. The van der Waals surface area contributed by atoms with E-state index in [2.05, 4.69) is 42.5 Å². The summed E-state index contributed by atoms with van der Waals surface area (Å²) in [6.07, 6.45) is 0.973. The molecule has 0 spiro atoms. The van der Waals surface area contributed by atoms with Crippen LogP contribution in [0.1, 0.15) is 34.8 Å². The third kappa shape index (κ3) is 4.21. The minimum atomic E-state index is -0.265. The highest BCUT2D eigenvalue weighted by atomic mass is 32.1. The van der Waals surface area contributed by atoms with Gasteiger partial charge in [0, 0.05) is 12.1 Å². The number of hydrogen-bond donors (Lipinski definition) is 0. The van der Waals surface area contributed by atoms with Crippen LogP contribution in [0.3, 0.4) is 0 Å². The molecule has 0 radical (unpaired) electrons. The van der Waals surface area contributed by atoms with Crippen molar-refractivity contribution in [3.63, 3.8) is 0 Å². The molecular weight excluding hydrogens is 392 g/mol. The van der Waals surface area contributed by atoms with E-state index in [0.29, 0.717) is 11.3 Å². The Morgan fingerprint density at radius 2 is 1.70 bits per heavy atom. The molecule has 4 aromatic rings. The van der Waals surface area contributed by atoms with E-state index in [1.165, 1.54) is 11.1 Å². The summed E-state index contributed by atoms with van der Waals surface area (Å²) < 4.78 is 9.16. The van der Waals surface area contributed by atoms with Crippen LogP contribution in [0.15, 0.2) is 71.7 Å². The van der Waals surface area contributed by atoms with Gasteiger partial charge in [-0.15, -0.1) is 0 Å². The van der Waals surface area contributed by atoms with Gasteiger partial charge in [0.25, 0.3) is 5.91 Å². The number of amides is 1. The maximum atomic E-state index is 13.0. The first-order chi connectivity index (χ1) is 14.5. The summed E-state index contributed by atoms with van der Waals surface area (Å²) in [4.78, 5) is 18.2. The first-order valence-electron chi connectivity index (χ1n) is 10.1. The van der Waals surface area contributed by atoms with Crippen LogP contribution in [0.25, 0.3) is 10.2 Å². The lowest BCUT2D eigenvalue weighted by Crippen LogP contribution is -2.17. The van der Waals surface area contributed by atoms with Gasteiger partial charge in [-0.25, -0.2) is 0 Å². The molecule has 0 bridgehead atoms. The predicted molar refractivity (Wildman–Crippen MR) is 122 cm³/mol. The zero-order chi connectivity index (χ0) is 21.1. The average Bonchev–Trinajstić information content (AvgIpc) is 3.05. The summed E-state index contributed by atoms with van der Waals surface area (Å²) >= 11 is 1.56. The molecular formula is C25H24N2O2S. The number of rotatable bonds is 5. The number of carbonyl (C=O) groups excluding carboxylic acids is 1. The van der Waals surface area contributed by atoms with E-state index in [4.69, 9.17) is 4.74 Å². The van der Waals surface area contributed by atoms with Gasteiger partial charge in [-0.3, -0.25) is 4.79 Å². The van der Waals surface area contributed by atoms with E-state index >= 15 is 0 Å². The zero-order valence-electron chi connectivity index (χ0n) is 17.4. The Bertz CT molecular complexity index is 1270. The minimum absolute atomic E-state index is 0.265. The fraction of sp³-hybridized carbons (Fsp3) is 0.200. The van der Waals surface area contributed by atoms with Crippen LogP contribution in [-0.4, -0.2) is 10.5 Å². The van der Waals surface area contributed by atoms with Gasteiger partial charge in [-0.05, 0) is 73.9 Å². The summed E-state index contributed by atoms with van der Waals surface area (Å²) in [6, 6.07) is 21.1. The van der Waals surface area contributed by atoms with Gasteiger partial charge in [0.15, 0.2) is 4.80 Å². The minimum Gasteiger partial charge on any atom is -0.457 e. The summed E-state index contributed by atoms with van der Waals surface area (Å²) in [5, 5.41) is 0. The van der Waals surface area contributed by atoms with E-state index in [9.17, 15) is 4.79 Å². The SMILES string of the molecule is CCCn1c(=NC(=O)c2cccc(Oc3ccccc3)c2)sc2cc(C)c(C)cc21. The molecule has 1 heterocycles. The van der Waals surface area contributed by atoms with Crippen LogP contribution in [0, 0.1) is 13.8 Å². The van der Waals surface area contributed by atoms with Gasteiger partial charge in [0.1, 0.15) is 11.5 Å². The van der Waals surface area contributed by atoms with E-state index < -0.39 is 0 Å². The second-order valence-electron chi connectivity index (χ2n) is 7.30. The number of aryl methyl sites for hydroxylation is 3. The van der Waals surface area contributed by atoms with Crippen molar-refractivity contribution in [1.82, 2.24) is 4.57 Å². The van der Waals surface area contributed by atoms with Gasteiger partial charge >= 0.3 is 0 Å². The van der Waals surface area contributed by atoms with Gasteiger partial charge in [-0.1, -0.05) is 42.5 Å². The molecule has 0 unspecified atom stereocenters. The maximum absolute atomic E-state index is 13.0. The van der Waals surface area contributed by atoms with E-state index in [1.54, 1.807) is 23.5 Å². The molecule has 1 aromatic heterocycles. The molecule has 0 aliphatic carbocycles. The second kappa shape index (κ2) is 8.67. The van der Waals surface area contributed by atoms with E-state index in [0.717, 1.165) is 33.7 Å². The molecule has 0 atom stereocenters. The number of benzene rings is 3. The second-order valence-corrected chi connectivity index (χ2v) is 8.31. The lowest BCUT2D eigenvalue weighted by Gasteiger charge is -2.06. The van der Waals surface area contributed by atoms with Crippen LogP contribution in [0.4, 0.5) is 0 Å². The average molecular weight is 417 g/mol. The first kappa shape index (κ1) is 20.1.